The molecule has 150 valence electrons. The summed E-state index contributed by atoms with van der Waals surface area (Å²) in [5, 5.41) is 0. The first-order valence-corrected chi connectivity index (χ1v) is 11.4. The largest absolute Gasteiger partial charge is 0.120 e. The highest BCUT2D eigenvalue weighted by Gasteiger charge is 2.23. The summed E-state index contributed by atoms with van der Waals surface area (Å²) in [6, 6.07) is 0. The van der Waals surface area contributed by atoms with Gasteiger partial charge in [0.2, 0.25) is 0 Å². The number of hydrogen-bond acceptors (Lipinski definition) is 0. The van der Waals surface area contributed by atoms with Crippen molar-refractivity contribution in [3.63, 3.8) is 0 Å². The molecule has 1 rings (SSSR count). The number of terminal acetylenes is 1. The van der Waals surface area contributed by atoms with Crippen molar-refractivity contribution in [1.29, 1.82) is 0 Å². The highest BCUT2D eigenvalue weighted by atomic mass is 14.3. The average molecular weight is 351 g/mol. The third-order valence-corrected chi connectivity index (χ3v) is 4.41. The lowest BCUT2D eigenvalue weighted by Crippen LogP contribution is -2.03. The van der Waals surface area contributed by atoms with Gasteiger partial charge < -0.3 is 0 Å². The molecule has 0 N–H and O–H groups in total. The Hall–Kier alpha value is -0.700. The van der Waals surface area contributed by atoms with E-state index in [1.54, 1.807) is 0 Å². The van der Waals surface area contributed by atoms with Crippen molar-refractivity contribution in [3.05, 3.63) is 12.2 Å². The van der Waals surface area contributed by atoms with Crippen LogP contribution in [0.4, 0.5) is 0 Å². The Morgan fingerprint density at radius 2 is 1.44 bits per heavy atom. The van der Waals surface area contributed by atoms with Gasteiger partial charge in [0.1, 0.15) is 0 Å². The van der Waals surface area contributed by atoms with Gasteiger partial charge in [0.25, 0.3) is 0 Å². The zero-order valence-corrected chi connectivity index (χ0v) is 18.9. The third-order valence-electron chi connectivity index (χ3n) is 4.41. The van der Waals surface area contributed by atoms with E-state index in [1.165, 1.54) is 70.6 Å². The van der Waals surface area contributed by atoms with Gasteiger partial charge >= 0.3 is 0 Å². The molecule has 1 saturated carbocycles. The third kappa shape index (κ3) is 21.3. The van der Waals surface area contributed by atoms with Crippen LogP contribution in [0.1, 0.15) is 126 Å². The van der Waals surface area contributed by atoms with E-state index in [-0.39, 0.29) is 0 Å². The summed E-state index contributed by atoms with van der Waals surface area (Å²) in [6.45, 7) is 14.7. The van der Waals surface area contributed by atoms with E-state index in [0.29, 0.717) is 0 Å². The predicted molar refractivity (Wildman–Crippen MR) is 120 cm³/mol. The molecule has 25 heavy (non-hydrogen) atoms. The maximum absolute atomic E-state index is 5.41. The van der Waals surface area contributed by atoms with E-state index in [9.17, 15) is 0 Å². The fourth-order valence-electron chi connectivity index (χ4n) is 3.04. The van der Waals surface area contributed by atoms with Crippen molar-refractivity contribution in [1.82, 2.24) is 0 Å². The molecular formula is C25H50. The molecule has 0 spiro atoms. The lowest BCUT2D eigenvalue weighted by Gasteiger charge is -2.12. The van der Waals surface area contributed by atoms with Gasteiger partial charge in [-0.3, -0.25) is 0 Å². The highest BCUT2D eigenvalue weighted by molar-refractivity contribution is 4.99. The van der Waals surface area contributed by atoms with E-state index < -0.39 is 0 Å². The minimum atomic E-state index is 0.775. The van der Waals surface area contributed by atoms with Gasteiger partial charge in [0.15, 0.2) is 0 Å². The number of rotatable bonds is 9. The second-order valence-corrected chi connectivity index (χ2v) is 6.39. The van der Waals surface area contributed by atoms with E-state index in [4.69, 9.17) is 6.42 Å². The van der Waals surface area contributed by atoms with E-state index in [2.05, 4.69) is 38.8 Å². The summed E-state index contributed by atoms with van der Waals surface area (Å²) < 4.78 is 0. The summed E-state index contributed by atoms with van der Waals surface area (Å²) >= 11 is 0. The highest BCUT2D eigenvalue weighted by Crippen LogP contribution is 2.34. The Bertz CT molecular complexity index is 266. The molecule has 0 heteroatoms. The topological polar surface area (TPSA) is 0 Å². The van der Waals surface area contributed by atoms with Crippen LogP contribution in [0.25, 0.3) is 0 Å². The maximum Gasteiger partial charge on any atom is 0.0120 e. The Labute approximate surface area is 162 Å². The molecular weight excluding hydrogens is 300 g/mol. The number of allylic oxidation sites excluding steroid dienone is 2. The molecule has 1 fully saturated rings. The van der Waals surface area contributed by atoms with Crippen molar-refractivity contribution in [3.8, 4) is 12.3 Å². The van der Waals surface area contributed by atoms with Gasteiger partial charge in [-0.2, -0.15) is 0 Å². The van der Waals surface area contributed by atoms with Crippen molar-refractivity contribution in [2.24, 2.45) is 11.8 Å². The lowest BCUT2D eigenvalue weighted by molar-refractivity contribution is 0.469. The van der Waals surface area contributed by atoms with Crippen LogP contribution in [-0.4, -0.2) is 0 Å². The minimum Gasteiger partial charge on any atom is -0.120 e. The van der Waals surface area contributed by atoms with Crippen LogP contribution in [0.5, 0.6) is 0 Å². The molecule has 0 amide bonds. The van der Waals surface area contributed by atoms with Gasteiger partial charge in [-0.25, -0.2) is 0 Å². The van der Waals surface area contributed by atoms with Crippen LogP contribution < -0.4 is 0 Å². The van der Waals surface area contributed by atoms with Crippen LogP contribution in [0, 0.1) is 24.2 Å². The lowest BCUT2D eigenvalue weighted by atomic mass is 9.92. The molecule has 0 aromatic rings. The van der Waals surface area contributed by atoms with Crippen LogP contribution in [0.15, 0.2) is 12.2 Å². The van der Waals surface area contributed by atoms with E-state index in [0.717, 1.165) is 18.3 Å². The van der Waals surface area contributed by atoms with Crippen molar-refractivity contribution >= 4 is 0 Å². The molecule has 0 aromatic carbocycles. The van der Waals surface area contributed by atoms with Gasteiger partial charge in [0, 0.05) is 6.42 Å². The zero-order chi connectivity index (χ0) is 19.8. The van der Waals surface area contributed by atoms with E-state index >= 15 is 0 Å². The summed E-state index contributed by atoms with van der Waals surface area (Å²) in [5.74, 6) is 4.38. The first-order valence-electron chi connectivity index (χ1n) is 11.4. The molecule has 2 atom stereocenters. The molecule has 1 aliphatic carbocycles. The van der Waals surface area contributed by atoms with Gasteiger partial charge in [0.05, 0.1) is 0 Å². The molecule has 1 aliphatic rings. The van der Waals surface area contributed by atoms with Gasteiger partial charge in [-0.05, 0) is 37.5 Å². The van der Waals surface area contributed by atoms with E-state index in [1.807, 2.05) is 27.7 Å². The normalized spacial score (nSPS) is 18.2. The van der Waals surface area contributed by atoms with Crippen LogP contribution in [-0.2, 0) is 0 Å². The monoisotopic (exact) mass is 350 g/mol. The Morgan fingerprint density at radius 1 is 0.840 bits per heavy atom. The molecule has 0 radical (unpaired) electrons. The molecule has 0 aliphatic heterocycles. The van der Waals surface area contributed by atoms with Crippen molar-refractivity contribution in [2.45, 2.75) is 126 Å². The molecule has 0 nitrogen and oxygen atoms in total. The summed E-state index contributed by atoms with van der Waals surface area (Å²) in [7, 11) is 0. The van der Waals surface area contributed by atoms with Gasteiger partial charge in [-0.15, -0.1) is 12.3 Å². The SMILES string of the molecule is C#CC[C@H]1CCCC1/C=C/CCCCCC.CC.CC.CCCCC. The van der Waals surface area contributed by atoms with Crippen LogP contribution in [0.2, 0.25) is 0 Å². The molecule has 0 aromatic heterocycles. The molecule has 1 unspecified atom stereocenters. The average Bonchev–Trinajstić information content (AvgIpc) is 3.10. The second-order valence-electron chi connectivity index (χ2n) is 6.39. The van der Waals surface area contributed by atoms with Gasteiger partial charge in [-0.1, -0.05) is 106 Å². The molecule has 0 saturated heterocycles. The van der Waals surface area contributed by atoms with Crippen LogP contribution >= 0.6 is 0 Å². The Morgan fingerprint density at radius 3 is 1.92 bits per heavy atom. The molecule has 0 heterocycles. The summed E-state index contributed by atoms with van der Waals surface area (Å²) in [6.07, 6.45) is 26.1. The van der Waals surface area contributed by atoms with Crippen LogP contribution in [0.3, 0.4) is 0 Å². The fourth-order valence-corrected chi connectivity index (χ4v) is 3.04. The zero-order valence-electron chi connectivity index (χ0n) is 18.9. The standard InChI is InChI=1S/C16H26.C5H12.2C2H6/c1-3-5-6-7-8-9-12-16-14-10-13-15(16)11-4-2;1-3-5-4-2;2*1-2/h2,9,12,15-16H,3,5-8,10-11,13-14H2,1H3;3-5H2,1-2H3;2*1-2H3/b12-9+;;;/t15-,16?;;;/m0.../s1. The second kappa shape index (κ2) is 28.1. The first-order chi connectivity index (χ1) is 12.3. The summed E-state index contributed by atoms with van der Waals surface area (Å²) in [4.78, 5) is 0. The quantitative estimate of drug-likeness (QED) is 0.221. The predicted octanol–water partition coefficient (Wildman–Crippen LogP) is 9.20. The van der Waals surface area contributed by atoms with Crippen molar-refractivity contribution in [2.75, 3.05) is 0 Å². The summed E-state index contributed by atoms with van der Waals surface area (Å²) in [5.41, 5.74) is 0. The first kappa shape index (κ1) is 29.1. The Balaban J connectivity index is -0.000000454. The molecule has 0 bridgehead atoms. The number of unbranched alkanes of at least 4 members (excludes halogenated alkanes) is 6. The number of hydrogen-bond donors (Lipinski definition) is 0. The fraction of sp³-hybridized carbons (Fsp3) is 0.840. The van der Waals surface area contributed by atoms with Crippen molar-refractivity contribution < 1.29 is 0 Å². The maximum atomic E-state index is 5.41. The Kier molecular flexibility index (Phi) is 32.7. The smallest absolute Gasteiger partial charge is 0.0120 e. The minimum absolute atomic E-state index is 0.775.